The van der Waals surface area contributed by atoms with Crippen LogP contribution in [0, 0.1) is 12.8 Å². The van der Waals surface area contributed by atoms with E-state index in [0.717, 1.165) is 66.3 Å². The van der Waals surface area contributed by atoms with E-state index in [1.807, 2.05) is 26.1 Å². The normalized spacial score (nSPS) is 16.5. The molecule has 6 nitrogen and oxygen atoms in total. The fourth-order valence-corrected chi connectivity index (χ4v) is 5.19. The summed E-state index contributed by atoms with van der Waals surface area (Å²) in [5.74, 6) is 1.85. The van der Waals surface area contributed by atoms with Gasteiger partial charge in [-0.2, -0.15) is 0 Å². The Hall–Kier alpha value is -3.12. The van der Waals surface area contributed by atoms with Crippen LogP contribution in [0.4, 0.5) is 5.69 Å². The van der Waals surface area contributed by atoms with Crippen molar-refractivity contribution in [3.8, 4) is 5.75 Å². The van der Waals surface area contributed by atoms with Gasteiger partial charge in [-0.15, -0.1) is 0 Å². The van der Waals surface area contributed by atoms with Crippen LogP contribution in [-0.4, -0.2) is 42.7 Å². The van der Waals surface area contributed by atoms with Crippen LogP contribution in [0.1, 0.15) is 65.8 Å². The largest absolute Gasteiger partial charge is 0.495 e. The number of benzene rings is 1. The van der Waals surface area contributed by atoms with Crippen molar-refractivity contribution in [3.63, 3.8) is 0 Å². The van der Waals surface area contributed by atoms with E-state index in [2.05, 4.69) is 34.2 Å². The fraction of sp³-hybridized carbons (Fsp3) is 0.448. The van der Waals surface area contributed by atoms with Gasteiger partial charge >= 0.3 is 0 Å². The van der Waals surface area contributed by atoms with E-state index < -0.39 is 0 Å². The maximum Gasteiger partial charge on any atom is 0.159 e. The molecule has 1 aliphatic carbocycles. The quantitative estimate of drug-likeness (QED) is 0.378. The third-order valence-electron chi connectivity index (χ3n) is 7.47. The minimum Gasteiger partial charge on any atom is -0.495 e. The Morgan fingerprint density at radius 2 is 1.94 bits per heavy atom. The zero-order chi connectivity index (χ0) is 24.7. The molecule has 0 bridgehead atoms. The molecule has 184 valence electrons. The number of pyridine rings is 1. The summed E-state index contributed by atoms with van der Waals surface area (Å²) >= 11 is 0. The first-order valence-corrected chi connectivity index (χ1v) is 12.6. The predicted molar refractivity (Wildman–Crippen MR) is 140 cm³/mol. The molecular formula is C29H35N3O3. The van der Waals surface area contributed by atoms with Gasteiger partial charge in [0.05, 0.1) is 24.2 Å². The van der Waals surface area contributed by atoms with Crippen LogP contribution in [0.3, 0.4) is 0 Å². The number of rotatable bonds is 8. The lowest BCUT2D eigenvalue weighted by molar-refractivity contribution is 0.0845. The van der Waals surface area contributed by atoms with Crippen molar-refractivity contribution in [1.82, 2.24) is 9.55 Å². The molecule has 1 saturated heterocycles. The van der Waals surface area contributed by atoms with E-state index in [0.29, 0.717) is 23.1 Å². The zero-order valence-corrected chi connectivity index (χ0v) is 21.3. The Labute approximate surface area is 207 Å². The number of Topliss-reactive ketones (excluding diaryl/α,β-unsaturated/α-hetero) is 1. The lowest BCUT2D eigenvalue weighted by Gasteiger charge is -2.27. The number of ether oxygens (including phenoxy) is 2. The molecule has 5 rings (SSSR count). The third kappa shape index (κ3) is 4.59. The number of methoxy groups -OCH3 is 1. The number of carbonyl (C=O) groups is 1. The molecule has 2 aliphatic rings. The maximum atomic E-state index is 12.0. The number of hydrogen-bond acceptors (Lipinski definition) is 5. The molecular weight excluding hydrogens is 438 g/mol. The van der Waals surface area contributed by atoms with Crippen LogP contribution < -0.4 is 9.64 Å². The van der Waals surface area contributed by atoms with Crippen molar-refractivity contribution in [2.45, 2.75) is 52.0 Å². The van der Waals surface area contributed by atoms with Crippen LogP contribution in [-0.2, 0) is 11.3 Å². The highest BCUT2D eigenvalue weighted by molar-refractivity contribution is 5.96. The maximum absolute atomic E-state index is 12.0. The Balaban J connectivity index is 1.55. The lowest BCUT2D eigenvalue weighted by atomic mass is 9.96. The molecule has 1 saturated carbocycles. The number of carbonyl (C=O) groups excluding carboxylic acids is 1. The first-order chi connectivity index (χ1) is 16.9. The van der Waals surface area contributed by atoms with Crippen LogP contribution in [0.25, 0.3) is 16.7 Å². The fourth-order valence-electron chi connectivity index (χ4n) is 5.19. The smallest absolute Gasteiger partial charge is 0.159 e. The number of ketones is 1. The van der Waals surface area contributed by atoms with E-state index in [1.54, 1.807) is 14.0 Å². The number of fused-ring (bicyclic) bond motifs is 1. The van der Waals surface area contributed by atoms with Crippen molar-refractivity contribution in [1.29, 1.82) is 0 Å². The van der Waals surface area contributed by atoms with Gasteiger partial charge in [-0.05, 0) is 81.3 Å². The van der Waals surface area contributed by atoms with Gasteiger partial charge in [0, 0.05) is 49.4 Å². The second-order valence-electron chi connectivity index (χ2n) is 10.0. The molecule has 2 fully saturated rings. The number of anilines is 1. The highest BCUT2D eigenvalue weighted by Crippen LogP contribution is 2.39. The molecule has 0 radical (unpaired) electrons. The second-order valence-corrected chi connectivity index (χ2v) is 10.0. The molecule has 0 N–H and O–H groups in total. The first kappa shape index (κ1) is 23.6. The molecule has 0 atom stereocenters. The van der Waals surface area contributed by atoms with Gasteiger partial charge < -0.3 is 18.9 Å². The predicted octanol–water partition coefficient (Wildman–Crippen LogP) is 5.97. The van der Waals surface area contributed by atoms with Crippen molar-refractivity contribution < 1.29 is 14.3 Å². The van der Waals surface area contributed by atoms with Crippen LogP contribution in [0.2, 0.25) is 0 Å². The van der Waals surface area contributed by atoms with E-state index in [9.17, 15) is 4.79 Å². The van der Waals surface area contributed by atoms with E-state index >= 15 is 0 Å². The van der Waals surface area contributed by atoms with Gasteiger partial charge in [0.15, 0.2) is 5.78 Å². The summed E-state index contributed by atoms with van der Waals surface area (Å²) in [6, 6.07) is 10.3. The highest BCUT2D eigenvalue weighted by Gasteiger charge is 2.27. The highest BCUT2D eigenvalue weighted by atomic mass is 16.5. The molecule has 6 heteroatoms. The van der Waals surface area contributed by atoms with Crippen molar-refractivity contribution >= 4 is 28.2 Å². The van der Waals surface area contributed by atoms with Crippen molar-refractivity contribution in [2.24, 2.45) is 5.92 Å². The van der Waals surface area contributed by atoms with Crippen molar-refractivity contribution in [2.75, 3.05) is 32.3 Å². The standard InChI is InChI=1S/C29H35N3O3/c1-18-14-24(20(3)33)16-27(34-5)28(18)31(4)19(2)26-15-23-8-9-25(22-10-12-35-13-11-22)30-29(23)32(26)17-21-6-7-21/h8-9,14-16,21-22H,2,6-7,10-13,17H2,1,3-5H3. The summed E-state index contributed by atoms with van der Waals surface area (Å²) in [6.45, 7) is 10.7. The van der Waals surface area contributed by atoms with E-state index in [-0.39, 0.29) is 5.78 Å². The molecule has 3 heterocycles. The van der Waals surface area contributed by atoms with Crippen LogP contribution >= 0.6 is 0 Å². The molecule has 1 aliphatic heterocycles. The summed E-state index contributed by atoms with van der Waals surface area (Å²) in [5, 5.41) is 1.14. The van der Waals surface area contributed by atoms with Gasteiger partial charge in [-0.25, -0.2) is 4.98 Å². The van der Waals surface area contributed by atoms with Gasteiger partial charge in [0.1, 0.15) is 11.4 Å². The number of aromatic nitrogens is 2. The lowest BCUT2D eigenvalue weighted by Crippen LogP contribution is -2.20. The average molecular weight is 474 g/mol. The number of nitrogens with zero attached hydrogens (tertiary/aromatic N) is 3. The third-order valence-corrected chi connectivity index (χ3v) is 7.47. The van der Waals surface area contributed by atoms with E-state index in [1.165, 1.54) is 18.5 Å². The van der Waals surface area contributed by atoms with Gasteiger partial charge in [-0.3, -0.25) is 4.79 Å². The van der Waals surface area contributed by atoms with Gasteiger partial charge in [0.25, 0.3) is 0 Å². The minimum absolute atomic E-state index is 0.0235. The molecule has 35 heavy (non-hydrogen) atoms. The summed E-state index contributed by atoms with van der Waals surface area (Å²) in [5.41, 5.74) is 6.70. The number of aryl methyl sites for hydroxylation is 1. The Kier molecular flexibility index (Phi) is 6.41. The van der Waals surface area contributed by atoms with Crippen LogP contribution in [0.15, 0.2) is 36.9 Å². The Morgan fingerprint density at radius 3 is 2.60 bits per heavy atom. The molecule has 3 aromatic rings. The van der Waals surface area contributed by atoms with E-state index in [4.69, 9.17) is 14.5 Å². The summed E-state index contributed by atoms with van der Waals surface area (Å²) in [6.07, 6.45) is 4.58. The van der Waals surface area contributed by atoms with Gasteiger partial charge in [-0.1, -0.05) is 6.58 Å². The molecule has 1 aromatic carbocycles. The Morgan fingerprint density at radius 1 is 1.20 bits per heavy atom. The monoisotopic (exact) mass is 473 g/mol. The summed E-state index contributed by atoms with van der Waals surface area (Å²) in [4.78, 5) is 19.3. The first-order valence-electron chi connectivity index (χ1n) is 12.6. The molecule has 2 aromatic heterocycles. The molecule has 0 amide bonds. The summed E-state index contributed by atoms with van der Waals surface area (Å²) < 4.78 is 13.6. The van der Waals surface area contributed by atoms with Crippen LogP contribution in [0.5, 0.6) is 5.75 Å². The average Bonchev–Trinajstić information content (AvgIpc) is 3.62. The van der Waals surface area contributed by atoms with Crippen molar-refractivity contribution in [3.05, 3.63) is 59.4 Å². The SMILES string of the molecule is C=C(c1cc2ccc(C3CCOCC3)nc2n1CC1CC1)N(C)c1c(C)cc(C(C)=O)cc1OC. The Bertz CT molecular complexity index is 1280. The number of hydrogen-bond donors (Lipinski definition) is 0. The minimum atomic E-state index is 0.0235. The summed E-state index contributed by atoms with van der Waals surface area (Å²) in [7, 11) is 3.66. The molecule has 0 unspecified atom stereocenters. The second kappa shape index (κ2) is 9.50. The van der Waals surface area contributed by atoms with Gasteiger partial charge in [0.2, 0.25) is 0 Å². The topological polar surface area (TPSA) is 56.6 Å². The molecule has 0 spiro atoms. The zero-order valence-electron chi connectivity index (χ0n) is 21.3.